The van der Waals surface area contributed by atoms with E-state index in [1.807, 2.05) is 34.0 Å². The number of aromatic nitrogens is 2. The van der Waals surface area contributed by atoms with Crippen LogP contribution in [-0.4, -0.2) is 9.97 Å². The van der Waals surface area contributed by atoms with Gasteiger partial charge in [0.05, 0.1) is 36.4 Å². The van der Waals surface area contributed by atoms with Crippen LogP contribution >= 0.6 is 34.0 Å². The molecule has 0 saturated carbocycles. The Kier molecular flexibility index (Phi) is 9.63. The van der Waals surface area contributed by atoms with Gasteiger partial charge in [-0.3, -0.25) is 0 Å². The summed E-state index contributed by atoms with van der Waals surface area (Å²) in [5, 5.41) is 2.54. The molecular formula is C33H50N2S3. The number of nitrogens with zero attached hydrogens (tertiary/aromatic N) is 2. The summed E-state index contributed by atoms with van der Waals surface area (Å²) >= 11 is 5.86. The predicted molar refractivity (Wildman–Crippen MR) is 171 cm³/mol. The Hall–Kier alpha value is -1.04. The third kappa shape index (κ3) is 5.72. The van der Waals surface area contributed by atoms with Gasteiger partial charge in [0.2, 0.25) is 0 Å². The zero-order chi connectivity index (χ0) is 27.6. The number of fused-ring (bicyclic) bond motifs is 3. The maximum atomic E-state index is 5.53. The lowest BCUT2D eigenvalue weighted by molar-refractivity contribution is 0.383. The SMILES string of the molecule is CCCCCCC1(CCCCCC)c2nc(-c3ccc(C(C)(C)CC)s3)sc2-c2sc(C(C)(C)CC)nc21. The number of unbranched alkanes of at least 4 members (excludes halogenated alkanes) is 6. The molecule has 0 aliphatic heterocycles. The standard InChI is InChI=1S/C33H50N2S3/c1-9-13-15-17-21-33(22-18-16-14-10-2)27-25(26-28(33)35-30(38-26)32(7,8)12-4)37-29(34-27)23-19-20-24(36-23)31(5,6)11-3/h19-20H,9-18,21-22H2,1-8H3. The van der Waals surface area contributed by atoms with Gasteiger partial charge in [-0.2, -0.15) is 0 Å². The van der Waals surface area contributed by atoms with Crippen molar-refractivity contribution in [1.29, 1.82) is 0 Å². The molecule has 0 spiro atoms. The van der Waals surface area contributed by atoms with Crippen molar-refractivity contribution in [2.24, 2.45) is 0 Å². The van der Waals surface area contributed by atoms with Crippen LogP contribution in [0.15, 0.2) is 12.1 Å². The van der Waals surface area contributed by atoms with Gasteiger partial charge in [-0.05, 0) is 43.2 Å². The Morgan fingerprint density at radius 2 is 1.24 bits per heavy atom. The molecule has 3 aromatic rings. The van der Waals surface area contributed by atoms with Crippen molar-refractivity contribution in [3.8, 4) is 19.6 Å². The van der Waals surface area contributed by atoms with Gasteiger partial charge in [0.15, 0.2) is 0 Å². The second kappa shape index (κ2) is 12.2. The van der Waals surface area contributed by atoms with Crippen LogP contribution in [0.2, 0.25) is 0 Å². The molecule has 210 valence electrons. The fourth-order valence-corrected chi connectivity index (χ4v) is 9.42. The van der Waals surface area contributed by atoms with Gasteiger partial charge in [-0.15, -0.1) is 34.0 Å². The van der Waals surface area contributed by atoms with Gasteiger partial charge >= 0.3 is 0 Å². The van der Waals surface area contributed by atoms with Gasteiger partial charge in [0, 0.05) is 10.3 Å². The van der Waals surface area contributed by atoms with Crippen LogP contribution in [0.3, 0.4) is 0 Å². The molecule has 1 aliphatic rings. The van der Waals surface area contributed by atoms with Crippen molar-refractivity contribution < 1.29 is 0 Å². The van der Waals surface area contributed by atoms with E-state index in [1.165, 1.54) is 105 Å². The summed E-state index contributed by atoms with van der Waals surface area (Å²) < 4.78 is 0. The lowest BCUT2D eigenvalue weighted by Gasteiger charge is -2.30. The topological polar surface area (TPSA) is 25.8 Å². The average Bonchev–Trinajstić information content (AvgIpc) is 3.68. The summed E-state index contributed by atoms with van der Waals surface area (Å²) in [6.07, 6.45) is 15.0. The maximum absolute atomic E-state index is 5.53. The van der Waals surface area contributed by atoms with Crippen molar-refractivity contribution in [3.05, 3.63) is 33.4 Å². The fourth-order valence-electron chi connectivity index (χ4n) is 5.55. The molecular weight excluding hydrogens is 521 g/mol. The first-order chi connectivity index (χ1) is 18.1. The second-order valence-electron chi connectivity index (χ2n) is 12.7. The van der Waals surface area contributed by atoms with E-state index in [0.717, 1.165) is 12.8 Å². The number of rotatable bonds is 15. The summed E-state index contributed by atoms with van der Waals surface area (Å²) in [4.78, 5) is 16.7. The van der Waals surface area contributed by atoms with Crippen LogP contribution in [0.4, 0.5) is 0 Å². The maximum Gasteiger partial charge on any atom is 0.134 e. The van der Waals surface area contributed by atoms with Crippen molar-refractivity contribution in [3.63, 3.8) is 0 Å². The molecule has 0 radical (unpaired) electrons. The highest BCUT2D eigenvalue weighted by Gasteiger charge is 2.49. The highest BCUT2D eigenvalue weighted by molar-refractivity contribution is 7.26. The summed E-state index contributed by atoms with van der Waals surface area (Å²) in [6.45, 7) is 18.7. The van der Waals surface area contributed by atoms with Gasteiger partial charge in [0.1, 0.15) is 5.01 Å². The van der Waals surface area contributed by atoms with Crippen LogP contribution in [0.1, 0.15) is 154 Å². The molecule has 3 aromatic heterocycles. The lowest BCUT2D eigenvalue weighted by Crippen LogP contribution is -2.28. The van der Waals surface area contributed by atoms with Crippen LogP contribution in [-0.2, 0) is 16.2 Å². The second-order valence-corrected chi connectivity index (χ2v) is 15.8. The average molecular weight is 571 g/mol. The molecule has 0 amide bonds. The third-order valence-electron chi connectivity index (χ3n) is 9.11. The van der Waals surface area contributed by atoms with Gasteiger partial charge in [-0.1, -0.05) is 107 Å². The van der Waals surface area contributed by atoms with E-state index in [2.05, 4.69) is 67.5 Å². The minimum atomic E-state index is -0.0117. The van der Waals surface area contributed by atoms with Crippen LogP contribution < -0.4 is 0 Å². The van der Waals surface area contributed by atoms with E-state index in [9.17, 15) is 0 Å². The zero-order valence-electron chi connectivity index (χ0n) is 25.3. The molecule has 0 unspecified atom stereocenters. The Labute approximate surface area is 244 Å². The molecule has 38 heavy (non-hydrogen) atoms. The molecule has 3 heterocycles. The zero-order valence-corrected chi connectivity index (χ0v) is 27.7. The van der Waals surface area contributed by atoms with Crippen LogP contribution in [0.5, 0.6) is 0 Å². The van der Waals surface area contributed by atoms with E-state index < -0.39 is 0 Å². The van der Waals surface area contributed by atoms with Crippen molar-refractivity contribution >= 4 is 34.0 Å². The molecule has 0 fully saturated rings. The fraction of sp³-hybridized carbons (Fsp3) is 0.697. The lowest BCUT2D eigenvalue weighted by atomic mass is 9.75. The molecule has 2 nitrogen and oxygen atoms in total. The van der Waals surface area contributed by atoms with Gasteiger partial charge in [0.25, 0.3) is 0 Å². The minimum Gasteiger partial charge on any atom is -0.244 e. The molecule has 0 bridgehead atoms. The van der Waals surface area contributed by atoms with E-state index in [1.54, 1.807) is 0 Å². The monoisotopic (exact) mass is 570 g/mol. The highest BCUT2D eigenvalue weighted by atomic mass is 32.1. The Bertz CT molecular complexity index is 1180. The predicted octanol–water partition coefficient (Wildman–Crippen LogP) is 11.9. The van der Waals surface area contributed by atoms with E-state index in [-0.39, 0.29) is 16.2 Å². The highest BCUT2D eigenvalue weighted by Crippen LogP contribution is 2.59. The molecule has 0 aromatic carbocycles. The van der Waals surface area contributed by atoms with Crippen LogP contribution in [0.25, 0.3) is 19.6 Å². The van der Waals surface area contributed by atoms with Crippen molar-refractivity contribution in [1.82, 2.24) is 9.97 Å². The minimum absolute atomic E-state index is 0.0117. The third-order valence-corrected chi connectivity index (χ3v) is 13.4. The molecule has 5 heteroatoms. The summed E-state index contributed by atoms with van der Waals surface area (Å²) in [7, 11) is 0. The Balaban J connectivity index is 1.81. The normalized spacial score (nSPS) is 14.7. The van der Waals surface area contributed by atoms with E-state index >= 15 is 0 Å². The number of thiophene rings is 1. The first-order valence-electron chi connectivity index (χ1n) is 15.3. The van der Waals surface area contributed by atoms with E-state index in [0.29, 0.717) is 0 Å². The van der Waals surface area contributed by atoms with Gasteiger partial charge < -0.3 is 0 Å². The molecule has 0 saturated heterocycles. The molecule has 1 aliphatic carbocycles. The van der Waals surface area contributed by atoms with Gasteiger partial charge in [-0.25, -0.2) is 9.97 Å². The van der Waals surface area contributed by atoms with E-state index in [4.69, 9.17) is 9.97 Å². The first-order valence-corrected chi connectivity index (χ1v) is 17.7. The molecule has 4 rings (SSSR count). The van der Waals surface area contributed by atoms with Crippen molar-refractivity contribution in [2.75, 3.05) is 0 Å². The molecule has 0 N–H and O–H groups in total. The number of hydrogen-bond acceptors (Lipinski definition) is 5. The Morgan fingerprint density at radius 3 is 1.82 bits per heavy atom. The largest absolute Gasteiger partial charge is 0.244 e. The summed E-state index contributed by atoms with van der Waals surface area (Å²) in [5.74, 6) is 0. The van der Waals surface area contributed by atoms with Crippen LogP contribution in [0, 0.1) is 0 Å². The number of hydrogen-bond donors (Lipinski definition) is 0. The quantitative estimate of drug-likeness (QED) is 0.170. The molecule has 0 atom stereocenters. The Morgan fingerprint density at radius 1 is 0.658 bits per heavy atom. The first kappa shape index (κ1) is 29.9. The summed E-state index contributed by atoms with van der Waals surface area (Å²) in [5.41, 5.74) is 3.07. The summed E-state index contributed by atoms with van der Waals surface area (Å²) in [6, 6.07) is 4.67. The number of thiazole rings is 2. The van der Waals surface area contributed by atoms with Crippen molar-refractivity contribution in [2.45, 2.75) is 149 Å². The smallest absolute Gasteiger partial charge is 0.134 e.